The standard InChI is InChI=1S/C15H16N2O3/c1-3-19-15(20-4-2)17-13-8-6-5-7-11(13)12(9-16)14(17)10-18/h5-8,10,15H,3-4H2,1-2H3. The van der Waals surface area contributed by atoms with Crippen LogP contribution in [0, 0.1) is 11.3 Å². The van der Waals surface area contributed by atoms with Gasteiger partial charge >= 0.3 is 0 Å². The van der Waals surface area contributed by atoms with Gasteiger partial charge in [-0.2, -0.15) is 5.26 Å². The highest BCUT2D eigenvalue weighted by atomic mass is 16.7. The molecule has 0 aliphatic heterocycles. The maximum atomic E-state index is 11.4. The van der Waals surface area contributed by atoms with E-state index in [1.54, 1.807) is 4.57 Å². The molecule has 20 heavy (non-hydrogen) atoms. The van der Waals surface area contributed by atoms with E-state index in [4.69, 9.17) is 9.47 Å². The van der Waals surface area contributed by atoms with Gasteiger partial charge in [-0.3, -0.25) is 9.36 Å². The summed E-state index contributed by atoms with van der Waals surface area (Å²) in [5.41, 5.74) is 1.37. The average molecular weight is 272 g/mol. The van der Waals surface area contributed by atoms with Crippen LogP contribution < -0.4 is 0 Å². The van der Waals surface area contributed by atoms with Gasteiger partial charge in [-0.1, -0.05) is 18.2 Å². The number of nitrogens with zero attached hydrogens (tertiary/aromatic N) is 2. The zero-order valence-electron chi connectivity index (χ0n) is 11.5. The Bertz CT molecular complexity index is 649. The topological polar surface area (TPSA) is 64.2 Å². The minimum atomic E-state index is -0.711. The number of benzene rings is 1. The van der Waals surface area contributed by atoms with Crippen molar-refractivity contribution in [1.29, 1.82) is 5.26 Å². The van der Waals surface area contributed by atoms with Crippen LogP contribution in [0.2, 0.25) is 0 Å². The summed E-state index contributed by atoms with van der Waals surface area (Å²) < 4.78 is 12.7. The van der Waals surface area contributed by atoms with Crippen LogP contribution in [0.3, 0.4) is 0 Å². The number of carbonyl (C=O) groups is 1. The number of nitriles is 1. The molecule has 0 spiro atoms. The largest absolute Gasteiger partial charge is 0.335 e. The zero-order valence-corrected chi connectivity index (χ0v) is 11.5. The Morgan fingerprint density at radius 3 is 2.50 bits per heavy atom. The molecule has 0 aliphatic carbocycles. The minimum Gasteiger partial charge on any atom is -0.335 e. The fourth-order valence-corrected chi connectivity index (χ4v) is 2.23. The van der Waals surface area contributed by atoms with Gasteiger partial charge < -0.3 is 9.47 Å². The highest BCUT2D eigenvalue weighted by Gasteiger charge is 2.22. The second-order valence-corrected chi connectivity index (χ2v) is 4.09. The van der Waals surface area contributed by atoms with Crippen LogP contribution in [0.1, 0.15) is 36.3 Å². The molecule has 0 aliphatic rings. The number of aromatic nitrogens is 1. The van der Waals surface area contributed by atoms with E-state index in [0.717, 1.165) is 10.9 Å². The molecule has 0 saturated heterocycles. The summed E-state index contributed by atoms with van der Waals surface area (Å²) in [6.45, 7) is 4.59. The number of hydrogen-bond acceptors (Lipinski definition) is 4. The van der Waals surface area contributed by atoms with E-state index in [0.29, 0.717) is 25.1 Å². The first-order chi connectivity index (χ1) is 9.78. The number of rotatable bonds is 6. The highest BCUT2D eigenvalue weighted by molar-refractivity contribution is 5.95. The first-order valence-corrected chi connectivity index (χ1v) is 6.49. The molecule has 0 radical (unpaired) electrons. The van der Waals surface area contributed by atoms with E-state index >= 15 is 0 Å². The first kappa shape index (κ1) is 14.3. The van der Waals surface area contributed by atoms with Crippen LogP contribution in [0.15, 0.2) is 24.3 Å². The van der Waals surface area contributed by atoms with E-state index < -0.39 is 6.41 Å². The SMILES string of the molecule is CCOC(OCC)n1c(C=O)c(C#N)c2ccccc21. The predicted octanol–water partition coefficient (Wildman–Crippen LogP) is 2.85. The minimum absolute atomic E-state index is 0.278. The smallest absolute Gasteiger partial charge is 0.244 e. The maximum Gasteiger partial charge on any atom is 0.244 e. The lowest BCUT2D eigenvalue weighted by Crippen LogP contribution is -2.18. The molecule has 104 valence electrons. The van der Waals surface area contributed by atoms with Crippen molar-refractivity contribution in [2.45, 2.75) is 20.3 Å². The predicted molar refractivity (Wildman–Crippen MR) is 74.3 cm³/mol. The fraction of sp³-hybridized carbons (Fsp3) is 0.333. The highest BCUT2D eigenvalue weighted by Crippen LogP contribution is 2.29. The fourth-order valence-electron chi connectivity index (χ4n) is 2.23. The number of ether oxygens (including phenoxy) is 2. The van der Waals surface area contributed by atoms with Gasteiger partial charge in [-0.05, 0) is 19.9 Å². The zero-order chi connectivity index (χ0) is 14.5. The Morgan fingerprint density at radius 1 is 1.30 bits per heavy atom. The van der Waals surface area contributed by atoms with Crippen molar-refractivity contribution >= 4 is 17.2 Å². The van der Waals surface area contributed by atoms with E-state index in [1.165, 1.54) is 0 Å². The first-order valence-electron chi connectivity index (χ1n) is 6.49. The summed E-state index contributed by atoms with van der Waals surface area (Å²) in [7, 11) is 0. The van der Waals surface area contributed by atoms with Gasteiger partial charge in [0, 0.05) is 18.6 Å². The lowest BCUT2D eigenvalue weighted by atomic mass is 10.1. The molecule has 0 amide bonds. The summed E-state index contributed by atoms with van der Waals surface area (Å²) in [4.78, 5) is 11.4. The third-order valence-electron chi connectivity index (χ3n) is 3.00. The van der Waals surface area contributed by atoms with Crippen molar-refractivity contribution in [1.82, 2.24) is 4.57 Å². The Balaban J connectivity index is 2.72. The molecule has 1 heterocycles. The molecule has 2 rings (SSSR count). The lowest BCUT2D eigenvalue weighted by Gasteiger charge is -2.20. The summed E-state index contributed by atoms with van der Waals surface area (Å²) >= 11 is 0. The number of hydrogen-bond donors (Lipinski definition) is 0. The van der Waals surface area contributed by atoms with Crippen molar-refractivity contribution < 1.29 is 14.3 Å². The molecule has 2 aromatic rings. The molecule has 5 heteroatoms. The molecular weight excluding hydrogens is 256 g/mol. The third kappa shape index (κ3) is 2.31. The van der Waals surface area contributed by atoms with E-state index in [9.17, 15) is 10.1 Å². The van der Waals surface area contributed by atoms with Crippen molar-refractivity contribution in [3.05, 3.63) is 35.5 Å². The van der Waals surface area contributed by atoms with Crippen molar-refractivity contribution in [2.24, 2.45) is 0 Å². The molecule has 0 N–H and O–H groups in total. The number of aldehydes is 1. The van der Waals surface area contributed by atoms with Crippen LogP contribution in [0.4, 0.5) is 0 Å². The summed E-state index contributed by atoms with van der Waals surface area (Å²) in [6, 6.07) is 9.42. The summed E-state index contributed by atoms with van der Waals surface area (Å²) in [6.07, 6.45) is -0.0407. The van der Waals surface area contributed by atoms with E-state index in [2.05, 4.69) is 6.07 Å². The van der Waals surface area contributed by atoms with Gasteiger partial charge in [0.25, 0.3) is 0 Å². The average Bonchev–Trinajstić information content (AvgIpc) is 2.80. The van der Waals surface area contributed by atoms with Gasteiger partial charge in [0.1, 0.15) is 11.8 Å². The number of fused-ring (bicyclic) bond motifs is 1. The molecule has 1 aromatic heterocycles. The van der Waals surface area contributed by atoms with Gasteiger partial charge in [0.15, 0.2) is 6.29 Å². The van der Waals surface area contributed by atoms with Crippen LogP contribution in [-0.2, 0) is 9.47 Å². The summed E-state index contributed by atoms with van der Waals surface area (Å²) in [5, 5.41) is 10.0. The molecular formula is C15H16N2O3. The Morgan fingerprint density at radius 2 is 1.95 bits per heavy atom. The molecule has 0 fully saturated rings. The normalized spacial score (nSPS) is 10.9. The number of para-hydroxylation sites is 1. The van der Waals surface area contributed by atoms with Crippen molar-refractivity contribution in [3.8, 4) is 6.07 Å². The van der Waals surface area contributed by atoms with Crippen molar-refractivity contribution in [3.63, 3.8) is 0 Å². The third-order valence-corrected chi connectivity index (χ3v) is 3.00. The Labute approximate surface area is 117 Å². The van der Waals surface area contributed by atoms with Gasteiger partial charge in [-0.15, -0.1) is 0 Å². The van der Waals surface area contributed by atoms with E-state index in [-0.39, 0.29) is 5.69 Å². The molecule has 5 nitrogen and oxygen atoms in total. The summed E-state index contributed by atoms with van der Waals surface area (Å²) in [5.74, 6) is 0. The van der Waals surface area contributed by atoms with E-state index in [1.807, 2.05) is 38.1 Å². The second kappa shape index (κ2) is 6.33. The quantitative estimate of drug-likeness (QED) is 0.599. The monoisotopic (exact) mass is 272 g/mol. The van der Waals surface area contributed by atoms with Gasteiger partial charge in [0.05, 0.1) is 11.1 Å². The Kier molecular flexibility index (Phi) is 4.51. The Hall–Kier alpha value is -2.16. The van der Waals surface area contributed by atoms with Crippen LogP contribution >= 0.6 is 0 Å². The molecule has 0 atom stereocenters. The van der Waals surface area contributed by atoms with Crippen LogP contribution in [-0.4, -0.2) is 24.1 Å². The lowest BCUT2D eigenvalue weighted by molar-refractivity contribution is -0.184. The van der Waals surface area contributed by atoms with Crippen LogP contribution in [0.5, 0.6) is 0 Å². The number of carbonyl (C=O) groups excluding carboxylic acids is 1. The van der Waals surface area contributed by atoms with Crippen LogP contribution in [0.25, 0.3) is 10.9 Å². The maximum absolute atomic E-state index is 11.4. The molecule has 0 bridgehead atoms. The van der Waals surface area contributed by atoms with Gasteiger partial charge in [0.2, 0.25) is 6.41 Å². The van der Waals surface area contributed by atoms with Crippen molar-refractivity contribution in [2.75, 3.05) is 13.2 Å². The molecule has 0 unspecified atom stereocenters. The second-order valence-electron chi connectivity index (χ2n) is 4.09. The molecule has 0 saturated carbocycles. The molecule has 1 aromatic carbocycles. The van der Waals surface area contributed by atoms with Gasteiger partial charge in [-0.25, -0.2) is 0 Å².